The lowest BCUT2D eigenvalue weighted by Gasteiger charge is -1.98. The molecule has 2 aromatic heterocycles. The number of hydrogen-bond acceptors (Lipinski definition) is 4. The zero-order valence-electron chi connectivity index (χ0n) is 9.34. The summed E-state index contributed by atoms with van der Waals surface area (Å²) in [4.78, 5) is 4.13. The number of hydrogen-bond donors (Lipinski definition) is 2. The molecule has 0 spiro atoms. The van der Waals surface area contributed by atoms with E-state index in [1.807, 2.05) is 30.3 Å². The maximum Gasteiger partial charge on any atom is 0.166 e. The number of nitrogens with two attached hydrogens (primary N) is 1. The number of nitrogen functional groups attached to an aromatic ring is 1. The molecular formula is C12H10ClN5. The van der Waals surface area contributed by atoms with Crippen LogP contribution in [0.3, 0.4) is 0 Å². The molecule has 3 rings (SSSR count). The van der Waals surface area contributed by atoms with Crippen LogP contribution in [0.2, 0.25) is 5.02 Å². The highest BCUT2D eigenvalue weighted by Crippen LogP contribution is 2.24. The van der Waals surface area contributed by atoms with Gasteiger partial charge in [-0.05, 0) is 18.2 Å². The summed E-state index contributed by atoms with van der Waals surface area (Å²) in [5.74, 6) is 5.99. The second-order valence-corrected chi connectivity index (χ2v) is 4.23. The van der Waals surface area contributed by atoms with Gasteiger partial charge in [0, 0.05) is 23.0 Å². The number of hydrazine groups is 1. The number of halogens is 1. The van der Waals surface area contributed by atoms with E-state index in [0.29, 0.717) is 10.8 Å². The van der Waals surface area contributed by atoms with Gasteiger partial charge in [0.25, 0.3) is 0 Å². The smallest absolute Gasteiger partial charge is 0.166 e. The molecule has 5 nitrogen and oxygen atoms in total. The van der Waals surface area contributed by atoms with E-state index in [-0.39, 0.29) is 0 Å². The molecule has 18 heavy (non-hydrogen) atoms. The van der Waals surface area contributed by atoms with Crippen LogP contribution in [0.5, 0.6) is 0 Å². The lowest BCUT2D eigenvalue weighted by Crippen LogP contribution is -2.09. The fraction of sp³-hybridized carbons (Fsp3) is 0. The Hall–Kier alpha value is -2.11. The van der Waals surface area contributed by atoms with Crippen molar-refractivity contribution in [1.29, 1.82) is 0 Å². The molecule has 0 fully saturated rings. The molecule has 0 saturated heterocycles. The molecule has 0 radical (unpaired) electrons. The van der Waals surface area contributed by atoms with Crippen LogP contribution in [-0.2, 0) is 0 Å². The van der Waals surface area contributed by atoms with Crippen molar-refractivity contribution in [2.45, 2.75) is 0 Å². The molecule has 0 aliphatic heterocycles. The van der Waals surface area contributed by atoms with Gasteiger partial charge in [-0.2, -0.15) is 5.10 Å². The van der Waals surface area contributed by atoms with E-state index in [1.54, 1.807) is 16.9 Å². The largest absolute Gasteiger partial charge is 0.307 e. The van der Waals surface area contributed by atoms with Gasteiger partial charge in [-0.25, -0.2) is 15.3 Å². The highest BCUT2D eigenvalue weighted by molar-refractivity contribution is 6.30. The highest BCUT2D eigenvalue weighted by Gasteiger charge is 2.08. The topological polar surface area (TPSA) is 68.2 Å². The molecule has 0 bridgehead atoms. The molecule has 1 aromatic carbocycles. The monoisotopic (exact) mass is 259 g/mol. The third-order valence-electron chi connectivity index (χ3n) is 2.65. The van der Waals surface area contributed by atoms with Crippen molar-refractivity contribution in [2.24, 2.45) is 5.84 Å². The molecule has 3 N–H and O–H groups in total. The van der Waals surface area contributed by atoms with Crippen LogP contribution in [0.1, 0.15) is 0 Å². The summed E-state index contributed by atoms with van der Waals surface area (Å²) in [5.41, 5.74) is 5.14. The molecule has 0 aliphatic rings. The van der Waals surface area contributed by atoms with Crippen molar-refractivity contribution in [3.8, 4) is 11.3 Å². The SMILES string of the molecule is NNc1nccn2nc(-c3cccc(Cl)c3)cc12. The maximum atomic E-state index is 5.97. The number of rotatable bonds is 2. The number of nitrogens with zero attached hydrogens (tertiary/aromatic N) is 3. The minimum Gasteiger partial charge on any atom is -0.307 e. The minimum atomic E-state index is 0.582. The summed E-state index contributed by atoms with van der Waals surface area (Å²) in [7, 11) is 0. The summed E-state index contributed by atoms with van der Waals surface area (Å²) in [6.45, 7) is 0. The lowest BCUT2D eigenvalue weighted by molar-refractivity contribution is 0.949. The standard InChI is InChI=1S/C12H10ClN5/c13-9-3-1-2-8(6-9)10-7-11-12(16-14)15-4-5-18(11)17-10/h1-7H,14H2,(H,15,16). The van der Waals surface area contributed by atoms with E-state index < -0.39 is 0 Å². The molecule has 0 atom stereocenters. The predicted octanol–water partition coefficient (Wildman–Crippen LogP) is 2.34. The van der Waals surface area contributed by atoms with Crippen molar-refractivity contribution in [3.05, 3.63) is 47.7 Å². The molecule has 0 saturated carbocycles. The van der Waals surface area contributed by atoms with Crippen LogP contribution in [0.4, 0.5) is 5.82 Å². The third-order valence-corrected chi connectivity index (χ3v) is 2.88. The van der Waals surface area contributed by atoms with Gasteiger partial charge in [-0.3, -0.25) is 0 Å². The van der Waals surface area contributed by atoms with Crippen LogP contribution in [0.25, 0.3) is 16.8 Å². The number of nitrogens with one attached hydrogen (secondary N) is 1. The average molecular weight is 260 g/mol. The molecular weight excluding hydrogens is 250 g/mol. The number of benzene rings is 1. The number of aromatic nitrogens is 3. The maximum absolute atomic E-state index is 5.97. The van der Waals surface area contributed by atoms with Crippen molar-refractivity contribution in [1.82, 2.24) is 14.6 Å². The van der Waals surface area contributed by atoms with E-state index in [9.17, 15) is 0 Å². The summed E-state index contributed by atoms with van der Waals surface area (Å²) in [6.07, 6.45) is 3.40. The van der Waals surface area contributed by atoms with Gasteiger partial charge in [0.1, 0.15) is 5.52 Å². The Balaban J connectivity index is 2.19. The summed E-state index contributed by atoms with van der Waals surface area (Å²) < 4.78 is 1.72. The molecule has 0 unspecified atom stereocenters. The first kappa shape index (κ1) is 11.0. The molecule has 0 aliphatic carbocycles. The summed E-state index contributed by atoms with van der Waals surface area (Å²) in [6, 6.07) is 9.45. The number of anilines is 1. The second-order valence-electron chi connectivity index (χ2n) is 3.79. The molecule has 6 heteroatoms. The molecule has 0 amide bonds. The van der Waals surface area contributed by atoms with E-state index in [1.165, 1.54) is 0 Å². The Morgan fingerprint density at radius 1 is 1.28 bits per heavy atom. The van der Waals surface area contributed by atoms with Crippen LogP contribution < -0.4 is 11.3 Å². The van der Waals surface area contributed by atoms with Crippen LogP contribution >= 0.6 is 11.6 Å². The Morgan fingerprint density at radius 3 is 2.94 bits per heavy atom. The quantitative estimate of drug-likeness (QED) is 0.548. The van der Waals surface area contributed by atoms with E-state index in [0.717, 1.165) is 16.8 Å². The van der Waals surface area contributed by atoms with Gasteiger partial charge in [0.15, 0.2) is 5.82 Å². The molecule has 90 valence electrons. The van der Waals surface area contributed by atoms with Crippen molar-refractivity contribution < 1.29 is 0 Å². The van der Waals surface area contributed by atoms with Gasteiger partial charge in [0.2, 0.25) is 0 Å². The van der Waals surface area contributed by atoms with Crippen LogP contribution in [0, 0.1) is 0 Å². The Morgan fingerprint density at radius 2 is 2.17 bits per heavy atom. The van der Waals surface area contributed by atoms with E-state index >= 15 is 0 Å². The first-order valence-electron chi connectivity index (χ1n) is 5.35. The second kappa shape index (κ2) is 4.29. The third kappa shape index (κ3) is 1.79. The average Bonchev–Trinajstić information content (AvgIpc) is 2.82. The van der Waals surface area contributed by atoms with Crippen LogP contribution in [0.15, 0.2) is 42.7 Å². The molecule has 2 heterocycles. The Bertz CT molecular complexity index is 707. The number of fused-ring (bicyclic) bond motifs is 1. The van der Waals surface area contributed by atoms with E-state index in [2.05, 4.69) is 15.5 Å². The van der Waals surface area contributed by atoms with Gasteiger partial charge < -0.3 is 5.43 Å². The first-order valence-corrected chi connectivity index (χ1v) is 5.72. The van der Waals surface area contributed by atoms with Crippen LogP contribution in [-0.4, -0.2) is 14.6 Å². The van der Waals surface area contributed by atoms with Crippen molar-refractivity contribution in [3.63, 3.8) is 0 Å². The predicted molar refractivity (Wildman–Crippen MR) is 71.2 cm³/mol. The van der Waals surface area contributed by atoms with Crippen molar-refractivity contribution >= 4 is 22.9 Å². The van der Waals surface area contributed by atoms with Crippen molar-refractivity contribution in [2.75, 3.05) is 5.43 Å². The zero-order chi connectivity index (χ0) is 12.5. The highest BCUT2D eigenvalue weighted by atomic mass is 35.5. The van der Waals surface area contributed by atoms with Gasteiger partial charge in [-0.15, -0.1) is 0 Å². The zero-order valence-corrected chi connectivity index (χ0v) is 10.1. The Labute approximate surface area is 108 Å². The van der Waals surface area contributed by atoms with E-state index in [4.69, 9.17) is 17.4 Å². The molecule has 3 aromatic rings. The normalized spacial score (nSPS) is 10.8. The minimum absolute atomic E-state index is 0.582. The van der Waals surface area contributed by atoms with Gasteiger partial charge in [-0.1, -0.05) is 23.7 Å². The van der Waals surface area contributed by atoms with Gasteiger partial charge >= 0.3 is 0 Å². The summed E-state index contributed by atoms with van der Waals surface area (Å²) >= 11 is 5.97. The fourth-order valence-corrected chi connectivity index (χ4v) is 2.01. The fourth-order valence-electron chi connectivity index (χ4n) is 1.82. The Kier molecular flexibility index (Phi) is 2.62. The lowest BCUT2D eigenvalue weighted by atomic mass is 10.1. The van der Waals surface area contributed by atoms with Gasteiger partial charge in [0.05, 0.1) is 5.69 Å². The first-order chi connectivity index (χ1) is 8.78. The summed E-state index contributed by atoms with van der Waals surface area (Å²) in [5, 5.41) is 5.14.